The molecule has 4 heteroatoms. The van der Waals surface area contributed by atoms with Gasteiger partial charge in [-0.25, -0.2) is 0 Å². The standard InChI is InChI=1S/C14H21N3O/c1-17(2)9-8-16-14(18)12-5-3-4-11-6-7-15-10-13(11)12/h3-5,15H,6-10H2,1-2H3,(H,16,18). The van der Waals surface area contributed by atoms with Crippen LogP contribution in [0.15, 0.2) is 18.2 Å². The predicted molar refractivity (Wildman–Crippen MR) is 72.7 cm³/mol. The first kappa shape index (κ1) is 13.1. The van der Waals surface area contributed by atoms with E-state index in [-0.39, 0.29) is 5.91 Å². The molecule has 0 saturated carbocycles. The normalized spacial score (nSPS) is 14.4. The van der Waals surface area contributed by atoms with E-state index < -0.39 is 0 Å². The Morgan fingerprint density at radius 1 is 1.44 bits per heavy atom. The van der Waals surface area contributed by atoms with Gasteiger partial charge in [0.05, 0.1) is 0 Å². The Hall–Kier alpha value is -1.39. The molecule has 0 radical (unpaired) electrons. The molecule has 2 N–H and O–H groups in total. The number of benzene rings is 1. The van der Waals surface area contributed by atoms with E-state index in [1.54, 1.807) is 0 Å². The number of nitrogens with one attached hydrogen (secondary N) is 2. The van der Waals surface area contributed by atoms with E-state index in [4.69, 9.17) is 0 Å². The van der Waals surface area contributed by atoms with Crippen LogP contribution in [0.25, 0.3) is 0 Å². The SMILES string of the molecule is CN(C)CCNC(=O)c1cccc2c1CNCC2. The lowest BCUT2D eigenvalue weighted by atomic mass is 9.95. The topological polar surface area (TPSA) is 44.4 Å². The van der Waals surface area contributed by atoms with Crippen molar-refractivity contribution in [3.63, 3.8) is 0 Å². The lowest BCUT2D eigenvalue weighted by molar-refractivity contribution is 0.0949. The van der Waals surface area contributed by atoms with Crippen LogP contribution in [0.1, 0.15) is 21.5 Å². The third kappa shape index (κ3) is 3.09. The van der Waals surface area contributed by atoms with Crippen LogP contribution in [-0.4, -0.2) is 44.5 Å². The van der Waals surface area contributed by atoms with Gasteiger partial charge in [-0.2, -0.15) is 0 Å². The molecule has 98 valence electrons. The van der Waals surface area contributed by atoms with Crippen LogP contribution in [-0.2, 0) is 13.0 Å². The summed E-state index contributed by atoms with van der Waals surface area (Å²) in [4.78, 5) is 14.2. The molecule has 0 spiro atoms. The summed E-state index contributed by atoms with van der Waals surface area (Å²) in [6.45, 7) is 3.34. The first-order valence-corrected chi connectivity index (χ1v) is 6.43. The van der Waals surface area contributed by atoms with Gasteiger partial charge in [-0.15, -0.1) is 0 Å². The van der Waals surface area contributed by atoms with Gasteiger partial charge >= 0.3 is 0 Å². The highest BCUT2D eigenvalue weighted by atomic mass is 16.1. The van der Waals surface area contributed by atoms with Crippen molar-refractivity contribution >= 4 is 5.91 Å². The number of fused-ring (bicyclic) bond motifs is 1. The van der Waals surface area contributed by atoms with Crippen LogP contribution >= 0.6 is 0 Å². The highest BCUT2D eigenvalue weighted by Crippen LogP contribution is 2.18. The molecule has 0 fully saturated rings. The fourth-order valence-electron chi connectivity index (χ4n) is 2.22. The lowest BCUT2D eigenvalue weighted by Gasteiger charge is -2.20. The van der Waals surface area contributed by atoms with E-state index in [9.17, 15) is 4.79 Å². The summed E-state index contributed by atoms with van der Waals surface area (Å²) < 4.78 is 0. The quantitative estimate of drug-likeness (QED) is 0.820. The number of hydrogen-bond donors (Lipinski definition) is 2. The molecule has 18 heavy (non-hydrogen) atoms. The number of carbonyl (C=O) groups excluding carboxylic acids is 1. The monoisotopic (exact) mass is 247 g/mol. The second kappa shape index (κ2) is 5.98. The van der Waals surface area contributed by atoms with E-state index in [0.717, 1.165) is 37.2 Å². The molecule has 2 rings (SSSR count). The Labute approximate surface area is 108 Å². The van der Waals surface area contributed by atoms with Gasteiger partial charge in [-0.1, -0.05) is 12.1 Å². The molecule has 1 heterocycles. The zero-order valence-corrected chi connectivity index (χ0v) is 11.1. The zero-order chi connectivity index (χ0) is 13.0. The third-order valence-electron chi connectivity index (χ3n) is 3.24. The summed E-state index contributed by atoms with van der Waals surface area (Å²) in [5.41, 5.74) is 3.28. The molecule has 0 saturated heterocycles. The van der Waals surface area contributed by atoms with Crippen LogP contribution in [0.5, 0.6) is 0 Å². The fourth-order valence-corrected chi connectivity index (χ4v) is 2.22. The molecule has 0 atom stereocenters. The van der Waals surface area contributed by atoms with Crippen LogP contribution < -0.4 is 10.6 Å². The average molecular weight is 247 g/mol. The molecule has 0 aliphatic carbocycles. The van der Waals surface area contributed by atoms with Crippen molar-refractivity contribution < 1.29 is 4.79 Å². The van der Waals surface area contributed by atoms with Crippen molar-refractivity contribution in [1.29, 1.82) is 0 Å². The molecular formula is C14H21N3O. The molecule has 1 aliphatic heterocycles. The van der Waals surface area contributed by atoms with E-state index in [1.165, 1.54) is 5.56 Å². The van der Waals surface area contributed by atoms with Crippen molar-refractivity contribution in [2.24, 2.45) is 0 Å². The van der Waals surface area contributed by atoms with Gasteiger partial charge in [0, 0.05) is 25.2 Å². The Kier molecular flexibility index (Phi) is 4.33. The number of hydrogen-bond acceptors (Lipinski definition) is 3. The van der Waals surface area contributed by atoms with Crippen molar-refractivity contribution in [2.45, 2.75) is 13.0 Å². The lowest BCUT2D eigenvalue weighted by Crippen LogP contribution is -2.33. The highest BCUT2D eigenvalue weighted by molar-refractivity contribution is 5.96. The Balaban J connectivity index is 2.06. The van der Waals surface area contributed by atoms with Crippen LogP contribution in [0.2, 0.25) is 0 Å². The van der Waals surface area contributed by atoms with E-state index in [0.29, 0.717) is 6.54 Å². The molecule has 0 bridgehead atoms. The molecule has 1 aromatic carbocycles. The predicted octanol–water partition coefficient (Wildman–Crippen LogP) is 0.624. The van der Waals surface area contributed by atoms with Gasteiger partial charge < -0.3 is 15.5 Å². The Morgan fingerprint density at radius 3 is 3.06 bits per heavy atom. The Bertz CT molecular complexity index is 429. The smallest absolute Gasteiger partial charge is 0.251 e. The summed E-state index contributed by atoms with van der Waals surface area (Å²) in [7, 11) is 4.00. The second-order valence-electron chi connectivity index (χ2n) is 4.93. The van der Waals surface area contributed by atoms with Crippen molar-refractivity contribution in [1.82, 2.24) is 15.5 Å². The van der Waals surface area contributed by atoms with Crippen molar-refractivity contribution in [2.75, 3.05) is 33.7 Å². The van der Waals surface area contributed by atoms with E-state index >= 15 is 0 Å². The molecule has 1 aromatic rings. The first-order chi connectivity index (χ1) is 8.68. The number of amides is 1. The largest absolute Gasteiger partial charge is 0.351 e. The Morgan fingerprint density at radius 2 is 2.28 bits per heavy atom. The number of likely N-dealkylation sites (N-methyl/N-ethyl adjacent to an activating group) is 1. The summed E-state index contributed by atoms with van der Waals surface area (Å²) >= 11 is 0. The van der Waals surface area contributed by atoms with E-state index in [1.807, 2.05) is 26.2 Å². The van der Waals surface area contributed by atoms with Gasteiger partial charge in [0.2, 0.25) is 0 Å². The third-order valence-corrected chi connectivity index (χ3v) is 3.24. The van der Waals surface area contributed by atoms with Gasteiger partial charge in [-0.3, -0.25) is 4.79 Å². The summed E-state index contributed by atoms with van der Waals surface area (Å²) in [6, 6.07) is 6.01. The maximum atomic E-state index is 12.1. The maximum Gasteiger partial charge on any atom is 0.251 e. The number of carbonyl (C=O) groups is 1. The van der Waals surface area contributed by atoms with Crippen LogP contribution in [0.4, 0.5) is 0 Å². The molecule has 4 nitrogen and oxygen atoms in total. The molecule has 0 aromatic heterocycles. The highest BCUT2D eigenvalue weighted by Gasteiger charge is 2.16. The minimum absolute atomic E-state index is 0.0393. The van der Waals surface area contributed by atoms with Gasteiger partial charge in [0.1, 0.15) is 0 Å². The molecule has 0 unspecified atom stereocenters. The fraction of sp³-hybridized carbons (Fsp3) is 0.500. The molecular weight excluding hydrogens is 226 g/mol. The van der Waals surface area contributed by atoms with Crippen LogP contribution in [0, 0.1) is 0 Å². The summed E-state index contributed by atoms with van der Waals surface area (Å²) in [6.07, 6.45) is 1.01. The number of rotatable bonds is 4. The number of nitrogens with zero attached hydrogens (tertiary/aromatic N) is 1. The minimum atomic E-state index is 0.0393. The van der Waals surface area contributed by atoms with Crippen molar-refractivity contribution in [3.05, 3.63) is 34.9 Å². The molecule has 1 amide bonds. The summed E-state index contributed by atoms with van der Waals surface area (Å²) in [5, 5.41) is 6.29. The van der Waals surface area contributed by atoms with Crippen molar-refractivity contribution in [3.8, 4) is 0 Å². The molecule has 1 aliphatic rings. The van der Waals surface area contributed by atoms with Gasteiger partial charge in [0.15, 0.2) is 0 Å². The zero-order valence-electron chi connectivity index (χ0n) is 11.1. The maximum absolute atomic E-state index is 12.1. The minimum Gasteiger partial charge on any atom is -0.351 e. The van der Waals surface area contributed by atoms with Crippen LogP contribution in [0.3, 0.4) is 0 Å². The first-order valence-electron chi connectivity index (χ1n) is 6.43. The van der Waals surface area contributed by atoms with Gasteiger partial charge in [-0.05, 0) is 44.3 Å². The summed E-state index contributed by atoms with van der Waals surface area (Å²) in [5.74, 6) is 0.0393. The average Bonchev–Trinajstić information content (AvgIpc) is 2.37. The van der Waals surface area contributed by atoms with Gasteiger partial charge in [0.25, 0.3) is 5.91 Å². The van der Waals surface area contributed by atoms with E-state index in [2.05, 4.69) is 21.6 Å². The second-order valence-corrected chi connectivity index (χ2v) is 4.93.